The predicted molar refractivity (Wildman–Crippen MR) is 337 cm³/mol. The first-order valence-electron chi connectivity index (χ1n) is 31.2. The first kappa shape index (κ1) is 93.0. The first-order chi connectivity index (χ1) is 34.4. The Morgan fingerprint density at radius 1 is 0.392 bits per heavy atom. The van der Waals surface area contributed by atoms with E-state index in [9.17, 15) is 0 Å². The third-order valence-corrected chi connectivity index (χ3v) is 11.8. The summed E-state index contributed by atoms with van der Waals surface area (Å²) in [6.45, 7) is 58.0. The molecule has 0 aliphatic carbocycles. The second kappa shape index (κ2) is 79.2. The first-order valence-corrected chi connectivity index (χ1v) is 31.2. The lowest BCUT2D eigenvalue weighted by atomic mass is 9.95. The molecule has 0 bridgehead atoms. The third-order valence-electron chi connectivity index (χ3n) is 11.8. The molecule has 462 valence electrons. The highest BCUT2D eigenvalue weighted by Crippen LogP contribution is 2.13. The molecule has 0 aromatic heterocycles. The van der Waals surface area contributed by atoms with Gasteiger partial charge in [-0.2, -0.15) is 0 Å². The number of methoxy groups -OCH3 is 2. The third kappa shape index (κ3) is 111. The van der Waals surface area contributed by atoms with E-state index in [1.165, 1.54) is 89.9 Å². The summed E-state index contributed by atoms with van der Waals surface area (Å²) in [7, 11) is 3.37. The topological polar surface area (TPSA) is 101 Å². The maximum atomic E-state index is 9.03. The van der Waals surface area contributed by atoms with Gasteiger partial charge in [-0.05, 0) is 131 Å². The van der Waals surface area contributed by atoms with Crippen LogP contribution in [0.5, 0.6) is 0 Å². The van der Waals surface area contributed by atoms with Crippen LogP contribution >= 0.6 is 0 Å². The van der Waals surface area contributed by atoms with Crippen molar-refractivity contribution in [3.63, 3.8) is 0 Å². The summed E-state index contributed by atoms with van der Waals surface area (Å²) in [6.07, 6.45) is 24.6. The van der Waals surface area contributed by atoms with Gasteiger partial charge in [0, 0.05) is 53.8 Å². The predicted octanol–water partition coefficient (Wildman–Crippen LogP) is 19.6. The van der Waals surface area contributed by atoms with Crippen LogP contribution < -0.4 is 0 Å². The van der Waals surface area contributed by atoms with Gasteiger partial charge >= 0.3 is 0 Å². The fraction of sp³-hybridized carbons (Fsp3) is 1.00. The van der Waals surface area contributed by atoms with Crippen molar-refractivity contribution in [2.75, 3.05) is 73.5 Å². The Hall–Kier alpha value is -0.320. The SMILES string of the molecule is C.CCC(CO)C(C)C.CCC(O)CC(C)C.CCCCC(C)C.CCCCCCC(C)C.CCCN(CCO)CCC(C)C.CCCOCCC(C)C.CCCOCCC(C)C.COC(CCCC(C)C)OC. The molecule has 0 aliphatic heterocycles. The second-order valence-electron chi connectivity index (χ2n) is 23.6. The molecule has 2 atom stereocenters. The van der Waals surface area contributed by atoms with Gasteiger partial charge in [-0.1, -0.05) is 231 Å². The minimum absolute atomic E-state index is 0. The minimum Gasteiger partial charge on any atom is -0.396 e. The van der Waals surface area contributed by atoms with Crippen molar-refractivity contribution in [3.8, 4) is 0 Å². The van der Waals surface area contributed by atoms with Gasteiger partial charge in [0.15, 0.2) is 6.29 Å². The van der Waals surface area contributed by atoms with E-state index in [0.717, 1.165) is 120 Å². The molecule has 3 N–H and O–H groups in total. The van der Waals surface area contributed by atoms with Crippen LogP contribution in [0.4, 0.5) is 0 Å². The minimum atomic E-state index is -0.0741. The van der Waals surface area contributed by atoms with Gasteiger partial charge in [-0.15, -0.1) is 0 Å². The van der Waals surface area contributed by atoms with Crippen LogP contribution in [0.15, 0.2) is 0 Å². The van der Waals surface area contributed by atoms with Crippen LogP contribution in [-0.2, 0) is 18.9 Å². The zero-order valence-corrected chi connectivity index (χ0v) is 55.3. The maximum Gasteiger partial charge on any atom is 0.156 e. The normalized spacial score (nSPS) is 11.6. The Balaban J connectivity index is -0.0000000935. The quantitative estimate of drug-likeness (QED) is 0.0418. The molecule has 0 amide bonds. The van der Waals surface area contributed by atoms with E-state index in [0.29, 0.717) is 24.4 Å². The van der Waals surface area contributed by atoms with Crippen LogP contribution in [0.1, 0.15) is 295 Å². The lowest BCUT2D eigenvalue weighted by Crippen LogP contribution is -2.29. The maximum absolute atomic E-state index is 9.03. The smallest absolute Gasteiger partial charge is 0.156 e. The van der Waals surface area contributed by atoms with Crippen molar-refractivity contribution in [2.24, 2.45) is 53.3 Å². The van der Waals surface area contributed by atoms with Crippen LogP contribution in [0.3, 0.4) is 0 Å². The summed E-state index contributed by atoms with van der Waals surface area (Å²) in [5, 5.41) is 26.5. The monoisotopic (exact) mass is 1070 g/mol. The van der Waals surface area contributed by atoms with E-state index in [1.807, 2.05) is 6.92 Å². The molecule has 0 aromatic rings. The zero-order chi connectivity index (χ0) is 58.3. The Labute approximate surface area is 471 Å². The highest BCUT2D eigenvalue weighted by Gasteiger charge is 2.08. The molecule has 0 rings (SSSR count). The van der Waals surface area contributed by atoms with E-state index in [2.05, 4.69) is 157 Å². The standard InChI is InChI=1S/C10H23NO.C9H20O2.C9H20.2C8H18O.2C7H16O.C7H16.CH4/c1-4-6-11(8-9-12)7-5-10(2)3;1-8(2)6-5-7-9(10-3)11-4;1-4-5-6-7-8-9(2)3;2*1-4-6-9-7-5-8(2)3;1-4-7(5-8)6(2)3;1-4-7(8)5-6(2)3;1-4-5-6-7(2)3;/h10,12H,4-9H2,1-3H3;8-9H,5-7H2,1-4H3;9H,4-8H2,1-3H3;2*8H,4-7H2,1-3H3;2*6-8H,4-5H2,1-3H3;7H,4-6H2,1-3H3;1H4. The molecule has 74 heavy (non-hydrogen) atoms. The van der Waals surface area contributed by atoms with E-state index >= 15 is 0 Å². The number of hydrogen-bond donors (Lipinski definition) is 3. The van der Waals surface area contributed by atoms with Crippen LogP contribution in [0.25, 0.3) is 0 Å². The number of nitrogens with zero attached hydrogens (tertiary/aromatic N) is 1. The van der Waals surface area contributed by atoms with E-state index in [1.54, 1.807) is 14.2 Å². The summed E-state index contributed by atoms with van der Waals surface area (Å²) >= 11 is 0. The summed E-state index contributed by atoms with van der Waals surface area (Å²) in [5.41, 5.74) is 0. The molecule has 0 aliphatic rings. The van der Waals surface area contributed by atoms with Crippen molar-refractivity contribution >= 4 is 0 Å². The average molecular weight is 1070 g/mol. The molecule has 0 spiro atoms. The summed E-state index contributed by atoms with van der Waals surface area (Å²) in [4.78, 5) is 2.33. The van der Waals surface area contributed by atoms with Crippen LogP contribution in [-0.4, -0.2) is 106 Å². The fourth-order valence-electron chi connectivity index (χ4n) is 6.50. The number of aliphatic hydroxyl groups is 3. The Morgan fingerprint density at radius 2 is 0.811 bits per heavy atom. The molecule has 8 nitrogen and oxygen atoms in total. The lowest BCUT2D eigenvalue weighted by molar-refractivity contribution is -0.107. The van der Waals surface area contributed by atoms with Crippen molar-refractivity contribution in [3.05, 3.63) is 0 Å². The molecule has 0 heterocycles. The Bertz CT molecular complexity index is 816. The zero-order valence-electron chi connectivity index (χ0n) is 55.3. The van der Waals surface area contributed by atoms with E-state index < -0.39 is 0 Å². The molecule has 8 heteroatoms. The van der Waals surface area contributed by atoms with E-state index in [-0.39, 0.29) is 26.4 Å². The number of hydrogen-bond acceptors (Lipinski definition) is 8. The number of unbranched alkanes of at least 4 members (excludes halogenated alkanes) is 4. The van der Waals surface area contributed by atoms with Crippen molar-refractivity contribution in [1.82, 2.24) is 4.90 Å². The summed E-state index contributed by atoms with van der Waals surface area (Å²) in [5.74, 6) is 6.68. The van der Waals surface area contributed by atoms with Crippen LogP contribution in [0.2, 0.25) is 0 Å². The number of rotatable bonds is 37. The van der Waals surface area contributed by atoms with Gasteiger partial charge in [0.1, 0.15) is 0 Å². The second-order valence-corrected chi connectivity index (χ2v) is 23.6. The van der Waals surface area contributed by atoms with Gasteiger partial charge in [-0.3, -0.25) is 0 Å². The lowest BCUT2D eigenvalue weighted by Gasteiger charge is -2.21. The van der Waals surface area contributed by atoms with Crippen molar-refractivity contribution in [2.45, 2.75) is 307 Å². The Kier molecular flexibility index (Phi) is 99.5. The summed E-state index contributed by atoms with van der Waals surface area (Å²) in [6, 6.07) is 0. The van der Waals surface area contributed by atoms with Crippen molar-refractivity contribution < 1.29 is 34.3 Å². The molecule has 0 saturated carbocycles. The van der Waals surface area contributed by atoms with Gasteiger partial charge in [-0.25, -0.2) is 0 Å². The van der Waals surface area contributed by atoms with Gasteiger partial charge in [0.05, 0.1) is 12.7 Å². The molecule has 0 aromatic carbocycles. The van der Waals surface area contributed by atoms with Crippen LogP contribution in [0, 0.1) is 53.3 Å². The van der Waals surface area contributed by atoms with Gasteiger partial charge < -0.3 is 39.2 Å². The molecular weight excluding hydrogens is 919 g/mol. The fourth-order valence-corrected chi connectivity index (χ4v) is 6.50. The summed E-state index contributed by atoms with van der Waals surface area (Å²) < 4.78 is 20.7. The molecular formula is C66H151NO7. The van der Waals surface area contributed by atoms with Crippen molar-refractivity contribution in [1.29, 1.82) is 0 Å². The molecule has 0 radical (unpaired) electrons. The number of ether oxygens (including phenoxy) is 4. The highest BCUT2D eigenvalue weighted by molar-refractivity contribution is 4.59. The number of aliphatic hydroxyl groups excluding tert-OH is 3. The molecule has 0 fully saturated rings. The van der Waals surface area contributed by atoms with E-state index in [4.69, 9.17) is 34.3 Å². The van der Waals surface area contributed by atoms with Gasteiger partial charge in [0.2, 0.25) is 0 Å². The molecule has 0 saturated heterocycles. The Morgan fingerprint density at radius 3 is 1.07 bits per heavy atom. The van der Waals surface area contributed by atoms with Gasteiger partial charge in [0.25, 0.3) is 0 Å². The largest absolute Gasteiger partial charge is 0.396 e. The molecule has 2 unspecified atom stereocenters. The highest BCUT2D eigenvalue weighted by atomic mass is 16.7. The average Bonchev–Trinajstić information content (AvgIpc) is 3.32.